The Bertz CT molecular complexity index is 1400. The lowest BCUT2D eigenvalue weighted by molar-refractivity contribution is -0.141. The number of thiophene rings is 1. The predicted molar refractivity (Wildman–Crippen MR) is 144 cm³/mol. The molecule has 0 aliphatic rings. The van der Waals surface area contributed by atoms with Gasteiger partial charge in [0.25, 0.3) is 0 Å². The third-order valence-corrected chi connectivity index (χ3v) is 6.86. The number of benzene rings is 2. The van der Waals surface area contributed by atoms with Crippen molar-refractivity contribution in [2.45, 2.75) is 32.5 Å². The summed E-state index contributed by atoms with van der Waals surface area (Å²) in [5.74, 6) is 0.337. The Kier molecular flexibility index (Phi) is 8.81. The number of carbonyl (C=O) groups is 2. The van der Waals surface area contributed by atoms with Crippen molar-refractivity contribution in [3.63, 3.8) is 0 Å². The quantitative estimate of drug-likeness (QED) is 0.222. The lowest BCUT2D eigenvalue weighted by Gasteiger charge is -2.23. The summed E-state index contributed by atoms with van der Waals surface area (Å²) in [6.07, 6.45) is 0.159. The standard InChI is InChI=1S/C29H30N2O6S/c1-19-7-5-6-8-22(19)26(11-12-28(32)34-3)37-27-15-21(36-17-20-13-14-38-18-20)9-10-23(27)24-16-25(29(33)35-4)31(2)30-24/h5-10,13-16,18,26H,11-12,17H2,1-4H3. The number of carbonyl (C=O) groups excluding carboxylic acids is 2. The zero-order chi connectivity index (χ0) is 27.1. The summed E-state index contributed by atoms with van der Waals surface area (Å²) in [6, 6.07) is 17.1. The summed E-state index contributed by atoms with van der Waals surface area (Å²) in [5.41, 5.74) is 4.61. The number of rotatable bonds is 11. The molecule has 0 radical (unpaired) electrons. The number of esters is 2. The molecule has 0 aliphatic carbocycles. The molecule has 198 valence electrons. The molecule has 1 atom stereocenters. The van der Waals surface area contributed by atoms with Crippen LogP contribution in [0.3, 0.4) is 0 Å². The van der Waals surface area contributed by atoms with E-state index in [0.29, 0.717) is 41.5 Å². The van der Waals surface area contributed by atoms with Crippen LogP contribution in [0, 0.1) is 6.92 Å². The van der Waals surface area contributed by atoms with Gasteiger partial charge in [-0.1, -0.05) is 24.3 Å². The Labute approximate surface area is 225 Å². The first kappa shape index (κ1) is 26.9. The summed E-state index contributed by atoms with van der Waals surface area (Å²) in [6.45, 7) is 2.43. The molecular weight excluding hydrogens is 504 g/mol. The zero-order valence-corrected chi connectivity index (χ0v) is 22.6. The Morgan fingerprint density at radius 1 is 1.05 bits per heavy atom. The topological polar surface area (TPSA) is 88.9 Å². The molecule has 2 aromatic carbocycles. The van der Waals surface area contributed by atoms with E-state index in [1.807, 2.05) is 66.2 Å². The van der Waals surface area contributed by atoms with Crippen molar-refractivity contribution >= 4 is 23.3 Å². The van der Waals surface area contributed by atoms with E-state index in [0.717, 1.165) is 16.7 Å². The number of aromatic nitrogens is 2. The molecule has 0 bridgehead atoms. The van der Waals surface area contributed by atoms with Gasteiger partial charge in [-0.15, -0.1) is 0 Å². The highest BCUT2D eigenvalue weighted by atomic mass is 32.1. The van der Waals surface area contributed by atoms with E-state index in [1.165, 1.54) is 18.9 Å². The van der Waals surface area contributed by atoms with Crippen LogP contribution in [0.25, 0.3) is 11.3 Å². The summed E-state index contributed by atoms with van der Waals surface area (Å²) < 4.78 is 23.9. The summed E-state index contributed by atoms with van der Waals surface area (Å²) in [4.78, 5) is 24.2. The highest BCUT2D eigenvalue weighted by Crippen LogP contribution is 2.38. The van der Waals surface area contributed by atoms with Crippen molar-refractivity contribution < 1.29 is 28.5 Å². The molecule has 0 aliphatic heterocycles. The van der Waals surface area contributed by atoms with Gasteiger partial charge < -0.3 is 18.9 Å². The predicted octanol–water partition coefficient (Wildman–Crippen LogP) is 5.90. The molecule has 0 amide bonds. The number of methoxy groups -OCH3 is 2. The van der Waals surface area contributed by atoms with E-state index in [9.17, 15) is 9.59 Å². The number of hydrogen-bond donors (Lipinski definition) is 0. The Morgan fingerprint density at radius 2 is 1.87 bits per heavy atom. The second kappa shape index (κ2) is 12.4. The van der Waals surface area contributed by atoms with Crippen LogP contribution in [0.2, 0.25) is 0 Å². The van der Waals surface area contributed by atoms with Gasteiger partial charge in [-0.3, -0.25) is 9.48 Å². The molecule has 1 unspecified atom stereocenters. The minimum Gasteiger partial charge on any atom is -0.489 e. The first-order valence-electron chi connectivity index (χ1n) is 12.1. The highest BCUT2D eigenvalue weighted by molar-refractivity contribution is 7.07. The van der Waals surface area contributed by atoms with E-state index < -0.39 is 12.1 Å². The average molecular weight is 535 g/mol. The molecule has 0 N–H and O–H groups in total. The minimum absolute atomic E-state index is 0.190. The highest BCUT2D eigenvalue weighted by Gasteiger charge is 2.22. The van der Waals surface area contributed by atoms with Gasteiger partial charge in [0.2, 0.25) is 0 Å². The van der Waals surface area contributed by atoms with Crippen molar-refractivity contribution in [3.8, 4) is 22.8 Å². The lowest BCUT2D eigenvalue weighted by atomic mass is 9.99. The molecule has 38 heavy (non-hydrogen) atoms. The fourth-order valence-electron chi connectivity index (χ4n) is 4.07. The van der Waals surface area contributed by atoms with Crippen LogP contribution < -0.4 is 9.47 Å². The van der Waals surface area contributed by atoms with Gasteiger partial charge >= 0.3 is 11.9 Å². The molecule has 0 saturated carbocycles. The maximum absolute atomic E-state index is 12.2. The van der Waals surface area contributed by atoms with Gasteiger partial charge in [0.05, 0.1) is 19.9 Å². The normalized spacial score (nSPS) is 11.6. The van der Waals surface area contributed by atoms with E-state index in [4.69, 9.17) is 18.9 Å². The van der Waals surface area contributed by atoms with E-state index >= 15 is 0 Å². The van der Waals surface area contributed by atoms with E-state index in [-0.39, 0.29) is 12.4 Å². The van der Waals surface area contributed by atoms with Gasteiger partial charge in [0.15, 0.2) is 0 Å². The average Bonchev–Trinajstić information content (AvgIpc) is 3.59. The Morgan fingerprint density at radius 3 is 2.58 bits per heavy atom. The van der Waals surface area contributed by atoms with Gasteiger partial charge in [0.1, 0.15) is 29.9 Å². The molecule has 4 aromatic rings. The maximum Gasteiger partial charge on any atom is 0.356 e. The van der Waals surface area contributed by atoms with Gasteiger partial charge in [-0.25, -0.2) is 4.79 Å². The smallest absolute Gasteiger partial charge is 0.356 e. The maximum atomic E-state index is 12.2. The number of aryl methyl sites for hydroxylation is 2. The van der Waals surface area contributed by atoms with Crippen LogP contribution in [0.15, 0.2) is 65.4 Å². The molecule has 9 heteroatoms. The third-order valence-electron chi connectivity index (χ3n) is 6.13. The van der Waals surface area contributed by atoms with Crippen LogP contribution in [-0.2, 0) is 27.9 Å². The Hall–Kier alpha value is -4.11. The van der Waals surface area contributed by atoms with Crippen molar-refractivity contribution in [2.24, 2.45) is 7.05 Å². The molecular formula is C29H30N2O6S. The van der Waals surface area contributed by atoms with E-state index in [1.54, 1.807) is 24.5 Å². The summed E-state index contributed by atoms with van der Waals surface area (Å²) >= 11 is 1.61. The first-order chi connectivity index (χ1) is 18.4. The molecule has 2 heterocycles. The second-order valence-electron chi connectivity index (χ2n) is 8.69. The van der Waals surface area contributed by atoms with Crippen molar-refractivity contribution in [2.75, 3.05) is 14.2 Å². The van der Waals surface area contributed by atoms with Crippen LogP contribution in [0.1, 0.15) is 46.1 Å². The molecule has 0 spiro atoms. The van der Waals surface area contributed by atoms with Gasteiger partial charge in [-0.2, -0.15) is 16.4 Å². The van der Waals surface area contributed by atoms with Gasteiger partial charge in [-0.05, 0) is 65.1 Å². The monoisotopic (exact) mass is 534 g/mol. The molecule has 0 fully saturated rings. The number of hydrogen-bond acceptors (Lipinski definition) is 8. The zero-order valence-electron chi connectivity index (χ0n) is 21.8. The molecule has 2 aromatic heterocycles. The fraction of sp³-hybridized carbons (Fsp3) is 0.276. The van der Waals surface area contributed by atoms with Crippen molar-refractivity contribution in [1.29, 1.82) is 0 Å². The van der Waals surface area contributed by atoms with Crippen LogP contribution >= 0.6 is 11.3 Å². The summed E-state index contributed by atoms with van der Waals surface area (Å²) in [7, 11) is 4.39. The van der Waals surface area contributed by atoms with Crippen molar-refractivity contribution in [1.82, 2.24) is 9.78 Å². The minimum atomic E-state index is -0.486. The first-order valence-corrected chi connectivity index (χ1v) is 13.0. The lowest BCUT2D eigenvalue weighted by Crippen LogP contribution is -2.13. The number of nitrogens with zero attached hydrogens (tertiary/aromatic N) is 2. The number of ether oxygens (including phenoxy) is 4. The Balaban J connectivity index is 1.73. The SMILES string of the molecule is COC(=O)CCC(Oc1cc(OCc2ccsc2)ccc1-c1cc(C(=O)OC)n(C)n1)c1ccccc1C. The third kappa shape index (κ3) is 6.41. The van der Waals surface area contributed by atoms with Crippen LogP contribution in [-0.4, -0.2) is 35.9 Å². The summed E-state index contributed by atoms with van der Waals surface area (Å²) in [5, 5.41) is 8.58. The molecule has 8 nitrogen and oxygen atoms in total. The van der Waals surface area contributed by atoms with E-state index in [2.05, 4.69) is 5.10 Å². The largest absolute Gasteiger partial charge is 0.489 e. The fourth-order valence-corrected chi connectivity index (χ4v) is 4.72. The second-order valence-corrected chi connectivity index (χ2v) is 9.47. The van der Waals surface area contributed by atoms with Gasteiger partial charge in [0, 0.05) is 25.1 Å². The van der Waals surface area contributed by atoms with Crippen molar-refractivity contribution in [3.05, 3.63) is 87.7 Å². The van der Waals surface area contributed by atoms with Crippen LogP contribution in [0.5, 0.6) is 11.5 Å². The van der Waals surface area contributed by atoms with Crippen LogP contribution in [0.4, 0.5) is 0 Å². The molecule has 4 rings (SSSR count). The molecule has 0 saturated heterocycles.